The molecule has 3 nitrogen and oxygen atoms in total. The lowest BCUT2D eigenvalue weighted by molar-refractivity contribution is -0.139. The first-order valence-corrected chi connectivity index (χ1v) is 5.19. The molecule has 2 aromatic rings. The second kappa shape index (κ2) is 4.49. The molecule has 0 unspecified atom stereocenters. The first-order chi connectivity index (χ1) is 7.72. The summed E-state index contributed by atoms with van der Waals surface area (Å²) in [5, 5.41) is 1.38. The predicted octanol–water partition coefficient (Wildman–Crippen LogP) is 2.60. The number of fused-ring (bicyclic) bond motifs is 1. The van der Waals surface area contributed by atoms with Crippen LogP contribution in [0.1, 0.15) is 5.56 Å². The molecular weight excluding hydrogens is 226 g/mol. The first-order valence-electron chi connectivity index (χ1n) is 4.81. The van der Waals surface area contributed by atoms with E-state index in [4.69, 9.17) is 11.6 Å². The Morgan fingerprint density at radius 3 is 2.94 bits per heavy atom. The molecule has 1 aromatic heterocycles. The summed E-state index contributed by atoms with van der Waals surface area (Å²) < 4.78 is 4.64. The maximum absolute atomic E-state index is 11.3. The van der Waals surface area contributed by atoms with Crippen molar-refractivity contribution >= 4 is 28.5 Å². The molecule has 0 amide bonds. The minimum absolute atomic E-state index is 0.165. The molecule has 0 aliphatic heterocycles. The van der Waals surface area contributed by atoms with Gasteiger partial charge in [0.15, 0.2) is 0 Å². The largest absolute Gasteiger partial charge is 0.469 e. The van der Waals surface area contributed by atoms with E-state index in [0.717, 1.165) is 16.5 Å². The van der Waals surface area contributed by atoms with Crippen LogP contribution in [0.3, 0.4) is 0 Å². The summed E-state index contributed by atoms with van der Waals surface area (Å²) in [7, 11) is 1.36. The van der Waals surface area contributed by atoms with Crippen molar-refractivity contribution in [3.05, 3.63) is 41.0 Å². The van der Waals surface area contributed by atoms with Crippen LogP contribution in [-0.4, -0.2) is 18.1 Å². The SMILES string of the molecule is COC(=O)Cc1c(Cl)cnc2ccccc12. The van der Waals surface area contributed by atoms with Crippen molar-refractivity contribution < 1.29 is 9.53 Å². The van der Waals surface area contributed by atoms with Gasteiger partial charge in [-0.05, 0) is 11.6 Å². The minimum atomic E-state index is -0.307. The molecule has 4 heteroatoms. The Hall–Kier alpha value is -1.61. The maximum atomic E-state index is 11.3. The van der Waals surface area contributed by atoms with Crippen molar-refractivity contribution in [3.63, 3.8) is 0 Å². The number of halogens is 1. The zero-order valence-electron chi connectivity index (χ0n) is 8.74. The number of nitrogens with zero attached hydrogens (tertiary/aromatic N) is 1. The van der Waals surface area contributed by atoms with E-state index in [9.17, 15) is 4.79 Å². The van der Waals surface area contributed by atoms with E-state index >= 15 is 0 Å². The van der Waals surface area contributed by atoms with E-state index in [0.29, 0.717) is 5.02 Å². The molecule has 1 heterocycles. The van der Waals surface area contributed by atoms with Crippen molar-refractivity contribution in [2.24, 2.45) is 0 Å². The number of aromatic nitrogens is 1. The summed E-state index contributed by atoms with van der Waals surface area (Å²) in [6, 6.07) is 7.56. The number of ether oxygens (including phenoxy) is 1. The predicted molar refractivity (Wildman–Crippen MR) is 62.5 cm³/mol. The molecule has 0 fully saturated rings. The Morgan fingerprint density at radius 1 is 1.44 bits per heavy atom. The molecular formula is C12H10ClNO2. The lowest BCUT2D eigenvalue weighted by Crippen LogP contribution is -2.05. The van der Waals surface area contributed by atoms with Gasteiger partial charge in [-0.25, -0.2) is 0 Å². The Bertz CT molecular complexity index is 540. The van der Waals surface area contributed by atoms with Crippen molar-refractivity contribution in [1.82, 2.24) is 4.98 Å². The quantitative estimate of drug-likeness (QED) is 0.751. The third-order valence-corrected chi connectivity index (χ3v) is 2.71. The average Bonchev–Trinajstić information content (AvgIpc) is 2.32. The smallest absolute Gasteiger partial charge is 0.310 e. The normalized spacial score (nSPS) is 10.4. The highest BCUT2D eigenvalue weighted by atomic mass is 35.5. The number of methoxy groups -OCH3 is 1. The molecule has 0 atom stereocenters. The van der Waals surface area contributed by atoms with E-state index in [-0.39, 0.29) is 12.4 Å². The van der Waals surface area contributed by atoms with Crippen LogP contribution in [0.5, 0.6) is 0 Å². The van der Waals surface area contributed by atoms with Gasteiger partial charge in [0.2, 0.25) is 0 Å². The van der Waals surface area contributed by atoms with Gasteiger partial charge < -0.3 is 4.74 Å². The standard InChI is InChI=1S/C12H10ClNO2/c1-16-12(15)6-9-8-4-2-3-5-11(8)14-7-10(9)13/h2-5,7H,6H2,1H3. The lowest BCUT2D eigenvalue weighted by Gasteiger charge is -2.06. The topological polar surface area (TPSA) is 39.2 Å². The lowest BCUT2D eigenvalue weighted by atomic mass is 10.1. The van der Waals surface area contributed by atoms with Crippen LogP contribution >= 0.6 is 11.6 Å². The van der Waals surface area contributed by atoms with Crippen LogP contribution < -0.4 is 0 Å². The van der Waals surface area contributed by atoms with Gasteiger partial charge in [0.25, 0.3) is 0 Å². The number of hydrogen-bond donors (Lipinski definition) is 0. The highest BCUT2D eigenvalue weighted by Gasteiger charge is 2.11. The van der Waals surface area contributed by atoms with E-state index in [1.165, 1.54) is 7.11 Å². The summed E-state index contributed by atoms with van der Waals surface area (Å²) in [5.41, 5.74) is 1.59. The summed E-state index contributed by atoms with van der Waals surface area (Å²) in [6.45, 7) is 0. The number of esters is 1. The van der Waals surface area contributed by atoms with E-state index in [2.05, 4.69) is 9.72 Å². The van der Waals surface area contributed by atoms with Crippen LogP contribution in [-0.2, 0) is 16.0 Å². The van der Waals surface area contributed by atoms with Crippen molar-refractivity contribution in [2.45, 2.75) is 6.42 Å². The van der Waals surface area contributed by atoms with Crippen molar-refractivity contribution in [1.29, 1.82) is 0 Å². The molecule has 0 aliphatic carbocycles. The average molecular weight is 236 g/mol. The monoisotopic (exact) mass is 235 g/mol. The van der Waals surface area contributed by atoms with E-state index in [1.807, 2.05) is 24.3 Å². The summed E-state index contributed by atoms with van der Waals surface area (Å²) in [5.74, 6) is -0.307. The summed E-state index contributed by atoms with van der Waals surface area (Å²) in [4.78, 5) is 15.5. The Labute approximate surface area is 98.0 Å². The molecule has 0 saturated heterocycles. The van der Waals surface area contributed by atoms with Gasteiger partial charge in [-0.2, -0.15) is 0 Å². The summed E-state index contributed by atoms with van der Waals surface area (Å²) >= 11 is 6.03. The molecule has 1 aromatic carbocycles. The molecule has 16 heavy (non-hydrogen) atoms. The van der Waals surface area contributed by atoms with Crippen LogP contribution in [0.25, 0.3) is 10.9 Å². The van der Waals surface area contributed by atoms with Gasteiger partial charge in [0, 0.05) is 11.6 Å². The third kappa shape index (κ3) is 1.99. The fraction of sp³-hybridized carbons (Fsp3) is 0.167. The number of para-hydroxylation sites is 1. The van der Waals surface area contributed by atoms with Crippen LogP contribution in [0.2, 0.25) is 5.02 Å². The number of carbonyl (C=O) groups excluding carboxylic acids is 1. The second-order valence-electron chi connectivity index (χ2n) is 3.35. The number of carbonyl (C=O) groups is 1. The maximum Gasteiger partial charge on any atom is 0.310 e. The number of rotatable bonds is 2. The molecule has 0 N–H and O–H groups in total. The molecule has 0 spiro atoms. The minimum Gasteiger partial charge on any atom is -0.469 e. The Morgan fingerprint density at radius 2 is 2.19 bits per heavy atom. The molecule has 0 saturated carbocycles. The Balaban J connectivity index is 2.57. The van der Waals surface area contributed by atoms with E-state index < -0.39 is 0 Å². The van der Waals surface area contributed by atoms with Crippen molar-refractivity contribution in [2.75, 3.05) is 7.11 Å². The van der Waals surface area contributed by atoms with Gasteiger partial charge in [-0.3, -0.25) is 9.78 Å². The fourth-order valence-corrected chi connectivity index (χ4v) is 1.79. The number of benzene rings is 1. The first kappa shape index (κ1) is 10.9. The molecule has 0 bridgehead atoms. The fourth-order valence-electron chi connectivity index (χ4n) is 1.57. The zero-order chi connectivity index (χ0) is 11.5. The van der Waals surface area contributed by atoms with Gasteiger partial charge in [-0.15, -0.1) is 0 Å². The zero-order valence-corrected chi connectivity index (χ0v) is 9.49. The van der Waals surface area contributed by atoms with Gasteiger partial charge in [-0.1, -0.05) is 29.8 Å². The van der Waals surface area contributed by atoms with E-state index in [1.54, 1.807) is 6.20 Å². The van der Waals surface area contributed by atoms with Gasteiger partial charge in [0.1, 0.15) is 0 Å². The molecule has 82 valence electrons. The Kier molecular flexibility index (Phi) is 3.06. The molecule has 2 rings (SSSR count). The molecule has 0 radical (unpaired) electrons. The molecule has 0 aliphatic rings. The highest BCUT2D eigenvalue weighted by molar-refractivity contribution is 6.32. The highest BCUT2D eigenvalue weighted by Crippen LogP contribution is 2.24. The number of hydrogen-bond acceptors (Lipinski definition) is 3. The van der Waals surface area contributed by atoms with Gasteiger partial charge >= 0.3 is 5.97 Å². The van der Waals surface area contributed by atoms with Gasteiger partial charge in [0.05, 0.1) is 24.1 Å². The van der Waals surface area contributed by atoms with Crippen LogP contribution in [0, 0.1) is 0 Å². The third-order valence-electron chi connectivity index (χ3n) is 2.38. The van der Waals surface area contributed by atoms with Crippen molar-refractivity contribution in [3.8, 4) is 0 Å². The second-order valence-corrected chi connectivity index (χ2v) is 3.76. The van der Waals surface area contributed by atoms with Crippen LogP contribution in [0.15, 0.2) is 30.5 Å². The van der Waals surface area contributed by atoms with Crippen LogP contribution in [0.4, 0.5) is 0 Å². The number of pyridine rings is 1. The summed E-state index contributed by atoms with van der Waals surface area (Å²) in [6.07, 6.45) is 1.72.